The number of nitrogens with zero attached hydrogens (tertiary/aromatic N) is 1. The van der Waals surface area contributed by atoms with Crippen LogP contribution in [0.25, 0.3) is 0 Å². The maximum atomic E-state index is 12.6. The third kappa shape index (κ3) is 2.56. The molecule has 1 fully saturated rings. The normalized spacial score (nSPS) is 22.5. The summed E-state index contributed by atoms with van der Waals surface area (Å²) in [7, 11) is 1.55. The van der Waals surface area contributed by atoms with Gasteiger partial charge in [0, 0.05) is 12.7 Å². The van der Waals surface area contributed by atoms with Gasteiger partial charge in [0.25, 0.3) is 0 Å². The van der Waals surface area contributed by atoms with Gasteiger partial charge in [-0.1, -0.05) is 13.8 Å². The number of ether oxygens (including phenoxy) is 1. The number of anilines is 1. The van der Waals surface area contributed by atoms with Crippen molar-refractivity contribution in [3.05, 3.63) is 18.3 Å². The van der Waals surface area contributed by atoms with Gasteiger partial charge in [-0.2, -0.15) is 0 Å². The number of methoxy groups -OCH3 is 1. The molecule has 0 bridgehead atoms. The molecule has 0 radical (unpaired) electrons. The number of carbonyl (C=O) groups excluding carboxylic acids is 1. The lowest BCUT2D eigenvalue weighted by atomic mass is 9.75. The molecule has 5 heteroatoms. The van der Waals surface area contributed by atoms with Gasteiger partial charge in [-0.3, -0.25) is 4.79 Å². The van der Waals surface area contributed by atoms with Gasteiger partial charge in [-0.05, 0) is 31.0 Å². The molecule has 0 spiro atoms. The summed E-state index contributed by atoms with van der Waals surface area (Å²) in [6.45, 7) is 5.79. The molecular weight excluding hydrogens is 242 g/mol. The predicted molar refractivity (Wildman–Crippen MR) is 74.2 cm³/mol. The van der Waals surface area contributed by atoms with Crippen molar-refractivity contribution in [3.63, 3.8) is 0 Å². The molecule has 19 heavy (non-hydrogen) atoms. The van der Waals surface area contributed by atoms with Crippen molar-refractivity contribution in [1.29, 1.82) is 0 Å². The number of hydrogen-bond acceptors (Lipinski definition) is 4. The largest absolute Gasteiger partial charge is 0.480 e. The quantitative estimate of drug-likeness (QED) is 0.867. The van der Waals surface area contributed by atoms with Crippen LogP contribution in [0, 0.1) is 11.3 Å². The fourth-order valence-corrected chi connectivity index (χ4v) is 2.56. The molecule has 1 aliphatic heterocycles. The summed E-state index contributed by atoms with van der Waals surface area (Å²) in [5, 5.41) is 6.24. The Morgan fingerprint density at radius 3 is 2.95 bits per heavy atom. The molecule has 1 aliphatic rings. The van der Waals surface area contributed by atoms with Crippen molar-refractivity contribution in [3.8, 4) is 5.88 Å². The lowest BCUT2D eigenvalue weighted by Gasteiger charge is -2.31. The van der Waals surface area contributed by atoms with Crippen molar-refractivity contribution >= 4 is 11.6 Å². The lowest BCUT2D eigenvalue weighted by molar-refractivity contribution is -0.126. The van der Waals surface area contributed by atoms with E-state index in [-0.39, 0.29) is 17.2 Å². The molecule has 2 heterocycles. The van der Waals surface area contributed by atoms with E-state index in [0.29, 0.717) is 11.6 Å². The Morgan fingerprint density at radius 1 is 1.58 bits per heavy atom. The Bertz CT molecular complexity index is 454. The van der Waals surface area contributed by atoms with E-state index >= 15 is 0 Å². The standard InChI is InChI=1S/C14H21N3O2/c1-10(2)14(6-8-15-9-14)13(18)17-11-5-4-7-16-12(11)19-3/h4-5,7,10,15H,6,8-9H2,1-3H3,(H,17,18). The molecule has 1 amide bonds. The number of carbonyl (C=O) groups is 1. The third-order valence-electron chi connectivity index (χ3n) is 3.96. The lowest BCUT2D eigenvalue weighted by Crippen LogP contribution is -2.42. The third-order valence-corrected chi connectivity index (χ3v) is 3.96. The summed E-state index contributed by atoms with van der Waals surface area (Å²) in [6.07, 6.45) is 2.50. The molecule has 0 aromatic carbocycles. The zero-order chi connectivity index (χ0) is 13.9. The van der Waals surface area contributed by atoms with Crippen LogP contribution >= 0.6 is 0 Å². The minimum absolute atomic E-state index is 0.0406. The van der Waals surface area contributed by atoms with Crippen LogP contribution in [0.2, 0.25) is 0 Å². The van der Waals surface area contributed by atoms with Crippen LogP contribution in [0.5, 0.6) is 5.88 Å². The number of pyridine rings is 1. The zero-order valence-corrected chi connectivity index (χ0v) is 11.7. The van der Waals surface area contributed by atoms with Gasteiger partial charge < -0.3 is 15.4 Å². The van der Waals surface area contributed by atoms with E-state index in [1.165, 1.54) is 0 Å². The minimum atomic E-state index is -0.346. The van der Waals surface area contributed by atoms with Gasteiger partial charge in [-0.15, -0.1) is 0 Å². The predicted octanol–water partition coefficient (Wildman–Crippen LogP) is 1.66. The molecule has 1 saturated heterocycles. The summed E-state index contributed by atoms with van der Waals surface area (Å²) in [5.74, 6) is 0.768. The molecule has 1 unspecified atom stereocenters. The van der Waals surface area contributed by atoms with E-state index in [1.807, 2.05) is 0 Å². The molecule has 1 aromatic rings. The molecule has 2 N–H and O–H groups in total. The van der Waals surface area contributed by atoms with Gasteiger partial charge in [0.15, 0.2) is 0 Å². The Hall–Kier alpha value is -1.62. The number of nitrogens with one attached hydrogen (secondary N) is 2. The van der Waals surface area contributed by atoms with E-state index in [9.17, 15) is 4.79 Å². The molecule has 104 valence electrons. The van der Waals surface area contributed by atoms with Crippen LogP contribution in [0.1, 0.15) is 20.3 Å². The van der Waals surface area contributed by atoms with Crippen LogP contribution in [0.3, 0.4) is 0 Å². The first-order valence-electron chi connectivity index (χ1n) is 6.61. The second kappa shape index (κ2) is 5.57. The Balaban J connectivity index is 2.20. The van der Waals surface area contributed by atoms with Crippen LogP contribution in [-0.2, 0) is 4.79 Å². The first-order chi connectivity index (χ1) is 9.10. The first-order valence-corrected chi connectivity index (χ1v) is 6.61. The van der Waals surface area contributed by atoms with Crippen LogP contribution < -0.4 is 15.4 Å². The summed E-state index contributed by atoms with van der Waals surface area (Å²) >= 11 is 0. The Kier molecular flexibility index (Phi) is 4.04. The number of rotatable bonds is 4. The molecule has 1 aromatic heterocycles. The van der Waals surface area contributed by atoms with Crippen molar-refractivity contribution in [2.75, 3.05) is 25.5 Å². The summed E-state index contributed by atoms with van der Waals surface area (Å²) in [6, 6.07) is 3.59. The smallest absolute Gasteiger partial charge is 0.237 e. The summed E-state index contributed by atoms with van der Waals surface area (Å²) < 4.78 is 5.16. The molecule has 0 saturated carbocycles. The maximum absolute atomic E-state index is 12.6. The number of amides is 1. The monoisotopic (exact) mass is 263 g/mol. The molecule has 2 rings (SSSR count). The van der Waals surface area contributed by atoms with E-state index in [2.05, 4.69) is 29.5 Å². The van der Waals surface area contributed by atoms with Crippen LogP contribution in [0.15, 0.2) is 18.3 Å². The topological polar surface area (TPSA) is 63.2 Å². The molecular formula is C14H21N3O2. The fraction of sp³-hybridized carbons (Fsp3) is 0.571. The average Bonchev–Trinajstić information content (AvgIpc) is 2.90. The highest BCUT2D eigenvalue weighted by Gasteiger charge is 2.44. The van der Waals surface area contributed by atoms with Gasteiger partial charge in [0.1, 0.15) is 5.69 Å². The summed E-state index contributed by atoms with van der Waals surface area (Å²) in [5.41, 5.74) is 0.280. The highest BCUT2D eigenvalue weighted by molar-refractivity contribution is 5.96. The van der Waals surface area contributed by atoms with E-state index < -0.39 is 0 Å². The number of hydrogen-bond donors (Lipinski definition) is 2. The SMILES string of the molecule is COc1ncccc1NC(=O)C1(C(C)C)CCNC1. The van der Waals surface area contributed by atoms with E-state index in [0.717, 1.165) is 19.5 Å². The highest BCUT2D eigenvalue weighted by Crippen LogP contribution is 2.36. The summed E-state index contributed by atoms with van der Waals surface area (Å²) in [4.78, 5) is 16.7. The van der Waals surface area contributed by atoms with Crippen molar-refractivity contribution in [1.82, 2.24) is 10.3 Å². The van der Waals surface area contributed by atoms with Crippen molar-refractivity contribution in [2.24, 2.45) is 11.3 Å². The van der Waals surface area contributed by atoms with Crippen LogP contribution in [-0.4, -0.2) is 31.1 Å². The molecule has 5 nitrogen and oxygen atoms in total. The van der Waals surface area contributed by atoms with Gasteiger partial charge >= 0.3 is 0 Å². The Labute approximate surface area is 113 Å². The number of aromatic nitrogens is 1. The van der Waals surface area contributed by atoms with E-state index in [1.54, 1.807) is 25.4 Å². The second-order valence-corrected chi connectivity index (χ2v) is 5.25. The average molecular weight is 263 g/mol. The maximum Gasteiger partial charge on any atom is 0.237 e. The van der Waals surface area contributed by atoms with Gasteiger partial charge in [0.2, 0.25) is 11.8 Å². The van der Waals surface area contributed by atoms with Gasteiger partial charge in [-0.25, -0.2) is 4.98 Å². The fourth-order valence-electron chi connectivity index (χ4n) is 2.56. The first kappa shape index (κ1) is 13.8. The molecule has 0 aliphatic carbocycles. The van der Waals surface area contributed by atoms with E-state index in [4.69, 9.17) is 4.74 Å². The molecule has 1 atom stereocenters. The van der Waals surface area contributed by atoms with Crippen molar-refractivity contribution < 1.29 is 9.53 Å². The minimum Gasteiger partial charge on any atom is -0.480 e. The Morgan fingerprint density at radius 2 is 2.37 bits per heavy atom. The second-order valence-electron chi connectivity index (χ2n) is 5.25. The van der Waals surface area contributed by atoms with Crippen LogP contribution in [0.4, 0.5) is 5.69 Å². The highest BCUT2D eigenvalue weighted by atomic mass is 16.5. The van der Waals surface area contributed by atoms with Crippen molar-refractivity contribution in [2.45, 2.75) is 20.3 Å². The van der Waals surface area contributed by atoms with Gasteiger partial charge in [0.05, 0.1) is 12.5 Å². The zero-order valence-electron chi connectivity index (χ0n) is 11.7.